The Morgan fingerprint density at radius 1 is 1.29 bits per heavy atom. The van der Waals surface area contributed by atoms with Crippen LogP contribution < -0.4 is 11.1 Å². The number of nitrogens with one attached hydrogen (secondary N) is 1. The van der Waals surface area contributed by atoms with E-state index in [-0.39, 0.29) is 26.5 Å². The van der Waals surface area contributed by atoms with Crippen LogP contribution in [0.5, 0.6) is 0 Å². The SMILES string of the molecule is COC(=O)c1c(NC(=O)c2sc3nc(C(F)F)cc(C)c3c2N)sc2c1CCC(C(C)(C)C)C2. The largest absolute Gasteiger partial charge is 0.465 e. The number of pyridine rings is 1. The summed E-state index contributed by atoms with van der Waals surface area (Å²) in [6, 6.07) is 1.28. The molecule has 1 unspecified atom stereocenters. The van der Waals surface area contributed by atoms with Crippen LogP contribution in [0.1, 0.15) is 75.3 Å². The normalized spacial score (nSPS) is 16.1. The highest BCUT2D eigenvalue weighted by Crippen LogP contribution is 2.45. The number of alkyl halides is 2. The standard InChI is InChI=1S/C24H27F2N3O3S2/c1-10-8-13(19(25)26)28-21-15(10)17(27)18(34-21)20(30)29-22-16(23(31)32-5)12-7-6-11(24(2,3)4)9-14(12)33-22/h8,11,19H,6-7,9,27H2,1-5H3,(H,29,30). The third-order valence-corrected chi connectivity index (χ3v) is 8.72. The molecule has 0 saturated heterocycles. The van der Waals surface area contributed by atoms with E-state index in [0.717, 1.165) is 41.0 Å². The van der Waals surface area contributed by atoms with Crippen LogP contribution in [-0.4, -0.2) is 24.0 Å². The zero-order valence-corrected chi connectivity index (χ0v) is 21.3. The van der Waals surface area contributed by atoms with Gasteiger partial charge in [0, 0.05) is 10.3 Å². The number of nitrogens with two attached hydrogens (primary N) is 1. The van der Waals surface area contributed by atoms with Gasteiger partial charge >= 0.3 is 5.97 Å². The van der Waals surface area contributed by atoms with Crippen LogP contribution in [0.2, 0.25) is 0 Å². The molecule has 3 N–H and O–H groups in total. The Labute approximate surface area is 204 Å². The number of carbonyl (C=O) groups excluding carboxylic acids is 2. The van der Waals surface area contributed by atoms with Crippen molar-refractivity contribution in [2.75, 3.05) is 18.2 Å². The molecule has 0 radical (unpaired) electrons. The molecule has 10 heteroatoms. The van der Waals surface area contributed by atoms with Crippen LogP contribution in [0, 0.1) is 18.3 Å². The molecule has 3 aromatic heterocycles. The molecule has 4 rings (SSSR count). The minimum atomic E-state index is -2.72. The van der Waals surface area contributed by atoms with Gasteiger partial charge in [0.15, 0.2) is 0 Å². The summed E-state index contributed by atoms with van der Waals surface area (Å²) in [5.74, 6) is -0.538. The summed E-state index contributed by atoms with van der Waals surface area (Å²) in [6.07, 6.45) is -0.210. The first kappa shape index (κ1) is 24.5. The van der Waals surface area contributed by atoms with Crippen molar-refractivity contribution < 1.29 is 23.1 Å². The first-order valence-corrected chi connectivity index (χ1v) is 12.6. The molecule has 0 aliphatic heterocycles. The van der Waals surface area contributed by atoms with E-state index in [9.17, 15) is 18.4 Å². The van der Waals surface area contributed by atoms with Gasteiger partial charge in [0.1, 0.15) is 20.4 Å². The number of nitrogens with zero attached hydrogens (tertiary/aromatic N) is 1. The highest BCUT2D eigenvalue weighted by Gasteiger charge is 2.34. The maximum Gasteiger partial charge on any atom is 0.341 e. The van der Waals surface area contributed by atoms with E-state index in [1.54, 1.807) is 6.92 Å². The minimum Gasteiger partial charge on any atom is -0.465 e. The highest BCUT2D eigenvalue weighted by atomic mass is 32.1. The number of aromatic nitrogens is 1. The van der Waals surface area contributed by atoms with Crippen molar-refractivity contribution in [1.82, 2.24) is 4.98 Å². The van der Waals surface area contributed by atoms with E-state index >= 15 is 0 Å². The van der Waals surface area contributed by atoms with Gasteiger partial charge in [0.05, 0.1) is 18.4 Å². The van der Waals surface area contributed by atoms with Crippen molar-refractivity contribution in [2.24, 2.45) is 11.3 Å². The second-order valence-electron chi connectivity index (χ2n) is 9.65. The number of halogens is 2. The van der Waals surface area contributed by atoms with Gasteiger partial charge in [0.2, 0.25) is 0 Å². The summed E-state index contributed by atoms with van der Waals surface area (Å²) in [6.45, 7) is 8.29. The topological polar surface area (TPSA) is 94.3 Å². The zero-order valence-electron chi connectivity index (χ0n) is 19.7. The van der Waals surface area contributed by atoms with Crippen molar-refractivity contribution in [3.63, 3.8) is 0 Å². The van der Waals surface area contributed by atoms with Crippen molar-refractivity contribution in [3.05, 3.63) is 38.2 Å². The number of fused-ring (bicyclic) bond motifs is 2. The van der Waals surface area contributed by atoms with E-state index in [1.807, 2.05) is 0 Å². The lowest BCUT2D eigenvalue weighted by Crippen LogP contribution is -2.26. The number of thiophene rings is 2. The van der Waals surface area contributed by atoms with Crippen molar-refractivity contribution in [1.29, 1.82) is 0 Å². The molecule has 1 aliphatic carbocycles. The average Bonchev–Trinajstić information content (AvgIpc) is 3.29. The molecule has 3 heterocycles. The molecule has 182 valence electrons. The third kappa shape index (κ3) is 4.29. The van der Waals surface area contributed by atoms with E-state index in [4.69, 9.17) is 10.5 Å². The van der Waals surface area contributed by atoms with Crippen LogP contribution >= 0.6 is 22.7 Å². The lowest BCUT2D eigenvalue weighted by Gasteiger charge is -2.33. The lowest BCUT2D eigenvalue weighted by atomic mass is 9.72. The number of esters is 1. The van der Waals surface area contributed by atoms with Gasteiger partial charge in [-0.3, -0.25) is 4.79 Å². The molecule has 0 aromatic carbocycles. The number of carbonyl (C=O) groups is 2. The minimum absolute atomic E-state index is 0.129. The molecule has 0 spiro atoms. The van der Waals surface area contributed by atoms with Gasteiger partial charge in [-0.1, -0.05) is 20.8 Å². The monoisotopic (exact) mass is 507 g/mol. The highest BCUT2D eigenvalue weighted by molar-refractivity contribution is 7.21. The van der Waals surface area contributed by atoms with Crippen molar-refractivity contribution >= 4 is 55.5 Å². The number of rotatable bonds is 4. The van der Waals surface area contributed by atoms with Crippen LogP contribution in [0.25, 0.3) is 10.2 Å². The smallest absolute Gasteiger partial charge is 0.341 e. The van der Waals surface area contributed by atoms with Gasteiger partial charge in [-0.2, -0.15) is 0 Å². The van der Waals surface area contributed by atoms with Gasteiger partial charge in [-0.15, -0.1) is 22.7 Å². The Bertz CT molecular complexity index is 1290. The van der Waals surface area contributed by atoms with Crippen molar-refractivity contribution in [2.45, 2.75) is 53.4 Å². The number of aryl methyl sites for hydroxylation is 1. The molecule has 1 amide bonds. The first-order valence-electron chi connectivity index (χ1n) is 10.9. The number of hydrogen-bond donors (Lipinski definition) is 2. The number of amides is 1. The fraction of sp³-hybridized carbons (Fsp3) is 0.458. The molecule has 0 bridgehead atoms. The van der Waals surface area contributed by atoms with E-state index in [1.165, 1.54) is 24.5 Å². The average molecular weight is 508 g/mol. The Hall–Kier alpha value is -2.59. The van der Waals surface area contributed by atoms with Crippen LogP contribution in [0.4, 0.5) is 19.5 Å². The molecular formula is C24H27F2N3O3S2. The Kier molecular flexibility index (Phi) is 6.41. The molecule has 1 atom stereocenters. The molecule has 0 fully saturated rings. The quantitative estimate of drug-likeness (QED) is 0.400. The third-order valence-electron chi connectivity index (χ3n) is 6.45. The number of nitrogen functional groups attached to an aromatic ring is 1. The number of ether oxygens (including phenoxy) is 1. The Morgan fingerprint density at radius 3 is 2.62 bits per heavy atom. The summed E-state index contributed by atoms with van der Waals surface area (Å²) < 4.78 is 31.4. The van der Waals surface area contributed by atoms with Gasteiger partial charge in [0.25, 0.3) is 12.3 Å². The lowest BCUT2D eigenvalue weighted by molar-refractivity contribution is 0.0600. The second-order valence-corrected chi connectivity index (χ2v) is 11.8. The Balaban J connectivity index is 1.72. The number of methoxy groups -OCH3 is 1. The predicted octanol–water partition coefficient (Wildman–Crippen LogP) is 6.38. The van der Waals surface area contributed by atoms with E-state index in [2.05, 4.69) is 31.1 Å². The van der Waals surface area contributed by atoms with E-state index < -0.39 is 18.3 Å². The van der Waals surface area contributed by atoms with Crippen LogP contribution in [-0.2, 0) is 17.6 Å². The summed E-state index contributed by atoms with van der Waals surface area (Å²) in [5, 5.41) is 3.76. The molecule has 3 aromatic rings. The maximum absolute atomic E-state index is 13.2. The van der Waals surface area contributed by atoms with Gasteiger partial charge in [-0.25, -0.2) is 18.6 Å². The van der Waals surface area contributed by atoms with Crippen molar-refractivity contribution in [3.8, 4) is 0 Å². The molecular weight excluding hydrogens is 480 g/mol. The summed E-state index contributed by atoms with van der Waals surface area (Å²) in [5.41, 5.74) is 8.05. The van der Waals surface area contributed by atoms with Gasteiger partial charge in [-0.05, 0) is 54.7 Å². The van der Waals surface area contributed by atoms with Crippen LogP contribution in [0.15, 0.2) is 6.07 Å². The predicted molar refractivity (Wildman–Crippen MR) is 132 cm³/mol. The zero-order chi connectivity index (χ0) is 24.9. The summed E-state index contributed by atoms with van der Waals surface area (Å²) in [4.78, 5) is 31.4. The summed E-state index contributed by atoms with van der Waals surface area (Å²) in [7, 11) is 1.32. The number of hydrogen-bond acceptors (Lipinski definition) is 7. The fourth-order valence-electron chi connectivity index (χ4n) is 4.51. The van der Waals surface area contributed by atoms with E-state index in [0.29, 0.717) is 27.4 Å². The second kappa shape index (κ2) is 8.88. The Morgan fingerprint density at radius 2 is 2.00 bits per heavy atom. The fourth-order valence-corrected chi connectivity index (χ4v) is 6.89. The number of anilines is 2. The van der Waals surface area contributed by atoms with Crippen LogP contribution in [0.3, 0.4) is 0 Å². The molecule has 6 nitrogen and oxygen atoms in total. The molecule has 0 saturated carbocycles. The first-order chi connectivity index (χ1) is 15.9. The molecule has 34 heavy (non-hydrogen) atoms. The maximum atomic E-state index is 13.2. The molecule has 1 aliphatic rings. The summed E-state index contributed by atoms with van der Waals surface area (Å²) >= 11 is 2.35. The van der Waals surface area contributed by atoms with Gasteiger partial charge < -0.3 is 15.8 Å².